The number of hydrogen-bond donors (Lipinski definition) is 2. The van der Waals surface area contributed by atoms with Gasteiger partial charge in [0.25, 0.3) is 0 Å². The summed E-state index contributed by atoms with van der Waals surface area (Å²) < 4.78 is 5.39. The van der Waals surface area contributed by atoms with E-state index in [1.54, 1.807) is 0 Å². The first-order valence-electron chi connectivity index (χ1n) is 4.91. The Morgan fingerprint density at radius 2 is 2.07 bits per heavy atom. The summed E-state index contributed by atoms with van der Waals surface area (Å²) in [6, 6.07) is 6.09. The quantitative estimate of drug-likeness (QED) is 0.724. The van der Waals surface area contributed by atoms with E-state index in [4.69, 9.17) is 10.5 Å². The van der Waals surface area contributed by atoms with Crippen LogP contribution in [-0.4, -0.2) is 12.6 Å². The summed E-state index contributed by atoms with van der Waals surface area (Å²) in [5.41, 5.74) is 7.47. The molecule has 0 aromatic heterocycles. The summed E-state index contributed by atoms with van der Waals surface area (Å²) in [4.78, 5) is 0. The lowest BCUT2D eigenvalue weighted by Gasteiger charge is -2.12. The zero-order valence-corrected chi connectivity index (χ0v) is 9.00. The van der Waals surface area contributed by atoms with Crippen molar-refractivity contribution in [3.63, 3.8) is 0 Å². The third-order valence-electron chi connectivity index (χ3n) is 1.70. The van der Waals surface area contributed by atoms with E-state index in [1.807, 2.05) is 25.1 Å². The van der Waals surface area contributed by atoms with Crippen molar-refractivity contribution in [1.82, 2.24) is 0 Å². The minimum atomic E-state index is 0.395. The molecule has 0 radical (unpaired) electrons. The van der Waals surface area contributed by atoms with Gasteiger partial charge in [0.2, 0.25) is 0 Å². The molecule has 0 spiro atoms. The first-order chi connectivity index (χ1) is 6.61. The molecule has 1 aromatic rings. The molecule has 3 nitrogen and oxygen atoms in total. The topological polar surface area (TPSA) is 47.3 Å². The van der Waals surface area contributed by atoms with Crippen molar-refractivity contribution in [2.75, 3.05) is 17.7 Å². The number of rotatable bonds is 4. The van der Waals surface area contributed by atoms with E-state index in [1.165, 1.54) is 0 Å². The molecule has 1 aromatic carbocycles. The lowest BCUT2D eigenvalue weighted by molar-refractivity contribution is 0.340. The van der Waals surface area contributed by atoms with Gasteiger partial charge >= 0.3 is 0 Å². The smallest absolute Gasteiger partial charge is 0.123 e. The van der Waals surface area contributed by atoms with Gasteiger partial charge in [0.1, 0.15) is 5.75 Å². The van der Waals surface area contributed by atoms with E-state index < -0.39 is 0 Å². The van der Waals surface area contributed by atoms with Gasteiger partial charge < -0.3 is 15.8 Å². The standard InChI is InChI=1S/C11H18N2O/c1-4-14-11-6-9(12)5-10(7-11)13-8(2)3/h5-8,13H,4,12H2,1-3H3. The van der Waals surface area contributed by atoms with Crippen LogP contribution in [0.4, 0.5) is 11.4 Å². The highest BCUT2D eigenvalue weighted by atomic mass is 16.5. The molecule has 0 amide bonds. The second kappa shape index (κ2) is 4.74. The van der Waals surface area contributed by atoms with Crippen LogP contribution in [-0.2, 0) is 0 Å². The lowest BCUT2D eigenvalue weighted by Crippen LogP contribution is -2.10. The number of hydrogen-bond acceptors (Lipinski definition) is 3. The van der Waals surface area contributed by atoms with Crippen LogP contribution in [0.5, 0.6) is 5.75 Å². The van der Waals surface area contributed by atoms with Crippen molar-refractivity contribution in [2.24, 2.45) is 0 Å². The molecule has 0 bridgehead atoms. The van der Waals surface area contributed by atoms with Gasteiger partial charge in [-0.15, -0.1) is 0 Å². The van der Waals surface area contributed by atoms with E-state index in [0.29, 0.717) is 12.6 Å². The Bertz CT molecular complexity index is 297. The molecule has 3 N–H and O–H groups in total. The first-order valence-corrected chi connectivity index (χ1v) is 4.91. The maximum atomic E-state index is 5.75. The Morgan fingerprint density at radius 1 is 1.36 bits per heavy atom. The normalized spacial score (nSPS) is 10.3. The average molecular weight is 194 g/mol. The molecular weight excluding hydrogens is 176 g/mol. The fourth-order valence-corrected chi connectivity index (χ4v) is 1.29. The molecule has 3 heteroatoms. The number of anilines is 2. The molecule has 0 aliphatic heterocycles. The Hall–Kier alpha value is -1.38. The van der Waals surface area contributed by atoms with E-state index in [9.17, 15) is 0 Å². The third kappa shape index (κ3) is 3.17. The van der Waals surface area contributed by atoms with E-state index in [-0.39, 0.29) is 0 Å². The summed E-state index contributed by atoms with van der Waals surface area (Å²) >= 11 is 0. The lowest BCUT2D eigenvalue weighted by atomic mass is 10.2. The van der Waals surface area contributed by atoms with E-state index in [0.717, 1.165) is 17.1 Å². The number of nitrogens with two attached hydrogens (primary N) is 1. The van der Waals surface area contributed by atoms with Gasteiger partial charge in [0.05, 0.1) is 6.61 Å². The molecule has 0 unspecified atom stereocenters. The van der Waals surface area contributed by atoms with Gasteiger partial charge in [0.15, 0.2) is 0 Å². The molecule has 1 rings (SSSR count). The molecule has 0 atom stereocenters. The first kappa shape index (κ1) is 10.7. The molecule has 0 aliphatic carbocycles. The van der Waals surface area contributed by atoms with E-state index in [2.05, 4.69) is 19.2 Å². The molecule has 0 aliphatic rings. The zero-order valence-electron chi connectivity index (χ0n) is 9.00. The van der Waals surface area contributed by atoms with Crippen molar-refractivity contribution in [1.29, 1.82) is 0 Å². The SMILES string of the molecule is CCOc1cc(N)cc(NC(C)C)c1. The van der Waals surface area contributed by atoms with Crippen molar-refractivity contribution in [3.05, 3.63) is 18.2 Å². The van der Waals surface area contributed by atoms with Gasteiger partial charge in [-0.2, -0.15) is 0 Å². The minimum Gasteiger partial charge on any atom is -0.494 e. The molecule has 0 saturated carbocycles. The highest BCUT2D eigenvalue weighted by molar-refractivity contribution is 5.59. The van der Waals surface area contributed by atoms with Crippen molar-refractivity contribution in [2.45, 2.75) is 26.8 Å². The van der Waals surface area contributed by atoms with Crippen LogP contribution in [0.3, 0.4) is 0 Å². The van der Waals surface area contributed by atoms with Crippen molar-refractivity contribution in [3.8, 4) is 5.75 Å². The van der Waals surface area contributed by atoms with E-state index >= 15 is 0 Å². The molecule has 78 valence electrons. The summed E-state index contributed by atoms with van der Waals surface area (Å²) in [6.45, 7) is 6.79. The summed E-state index contributed by atoms with van der Waals surface area (Å²) in [5, 5.41) is 3.28. The molecular formula is C11H18N2O. The number of benzene rings is 1. The Labute approximate surface area is 85.3 Å². The molecule has 0 heterocycles. The van der Waals surface area contributed by atoms with Gasteiger partial charge in [-0.05, 0) is 26.8 Å². The van der Waals surface area contributed by atoms with Crippen molar-refractivity contribution >= 4 is 11.4 Å². The van der Waals surface area contributed by atoms with Gasteiger partial charge in [-0.3, -0.25) is 0 Å². The highest BCUT2D eigenvalue weighted by Gasteiger charge is 2.00. The van der Waals surface area contributed by atoms with Gasteiger partial charge in [0, 0.05) is 29.5 Å². The zero-order chi connectivity index (χ0) is 10.6. The summed E-state index contributed by atoms with van der Waals surface area (Å²) in [6.07, 6.45) is 0. The Morgan fingerprint density at radius 3 is 2.64 bits per heavy atom. The van der Waals surface area contributed by atoms with Crippen LogP contribution in [0.25, 0.3) is 0 Å². The van der Waals surface area contributed by atoms with Crippen molar-refractivity contribution < 1.29 is 4.74 Å². The van der Waals surface area contributed by atoms with Crippen LogP contribution in [0.15, 0.2) is 18.2 Å². The third-order valence-corrected chi connectivity index (χ3v) is 1.70. The van der Waals surface area contributed by atoms with Crippen LogP contribution < -0.4 is 15.8 Å². The number of nitrogen functional groups attached to an aromatic ring is 1. The fourth-order valence-electron chi connectivity index (χ4n) is 1.29. The second-order valence-electron chi connectivity index (χ2n) is 3.52. The van der Waals surface area contributed by atoms with Gasteiger partial charge in [-0.1, -0.05) is 0 Å². The average Bonchev–Trinajstić information content (AvgIpc) is 2.01. The maximum Gasteiger partial charge on any atom is 0.123 e. The molecule has 0 fully saturated rings. The fraction of sp³-hybridized carbons (Fsp3) is 0.455. The van der Waals surface area contributed by atoms with Crippen LogP contribution >= 0.6 is 0 Å². The summed E-state index contributed by atoms with van der Waals surface area (Å²) in [7, 11) is 0. The number of ether oxygens (including phenoxy) is 1. The molecule has 0 saturated heterocycles. The maximum absolute atomic E-state index is 5.75. The monoisotopic (exact) mass is 194 g/mol. The Kier molecular flexibility index (Phi) is 3.63. The number of nitrogens with one attached hydrogen (secondary N) is 1. The largest absolute Gasteiger partial charge is 0.494 e. The molecule has 14 heavy (non-hydrogen) atoms. The minimum absolute atomic E-state index is 0.395. The Balaban J connectivity index is 2.83. The van der Waals surface area contributed by atoms with Crippen LogP contribution in [0.1, 0.15) is 20.8 Å². The highest BCUT2D eigenvalue weighted by Crippen LogP contribution is 2.22. The van der Waals surface area contributed by atoms with Crippen LogP contribution in [0, 0.1) is 0 Å². The van der Waals surface area contributed by atoms with Gasteiger partial charge in [-0.25, -0.2) is 0 Å². The predicted molar refractivity (Wildman–Crippen MR) is 60.8 cm³/mol. The van der Waals surface area contributed by atoms with Crippen LogP contribution in [0.2, 0.25) is 0 Å². The second-order valence-corrected chi connectivity index (χ2v) is 3.52. The summed E-state index contributed by atoms with van der Waals surface area (Å²) in [5.74, 6) is 0.815. The predicted octanol–water partition coefficient (Wildman–Crippen LogP) is 2.49.